The summed E-state index contributed by atoms with van der Waals surface area (Å²) in [5, 5.41) is 0. The number of rotatable bonds is 4. The summed E-state index contributed by atoms with van der Waals surface area (Å²) in [6.45, 7) is 3.92. The number of hydrogen-bond acceptors (Lipinski definition) is 4. The van der Waals surface area contributed by atoms with Gasteiger partial charge >= 0.3 is 0 Å². The van der Waals surface area contributed by atoms with Crippen LogP contribution in [0.5, 0.6) is 0 Å². The fraction of sp³-hybridized carbons (Fsp3) is 0.333. The van der Waals surface area contributed by atoms with E-state index in [-0.39, 0.29) is 17.7 Å². The van der Waals surface area contributed by atoms with Gasteiger partial charge in [0.2, 0.25) is 16.0 Å². The van der Waals surface area contributed by atoms with Gasteiger partial charge in [0.05, 0.1) is 11.9 Å². The molecule has 0 unspecified atom stereocenters. The number of halogens is 1. The molecule has 5 nitrogen and oxygen atoms in total. The van der Waals surface area contributed by atoms with Gasteiger partial charge in [-0.25, -0.2) is 27.1 Å². The molecule has 2 aromatic rings. The Hall–Kier alpha value is -2.02. The van der Waals surface area contributed by atoms with E-state index in [0.29, 0.717) is 11.3 Å². The van der Waals surface area contributed by atoms with E-state index in [1.165, 1.54) is 19.2 Å². The van der Waals surface area contributed by atoms with E-state index >= 15 is 0 Å². The number of anilines is 1. The van der Waals surface area contributed by atoms with Crippen molar-refractivity contribution in [3.8, 4) is 11.3 Å². The molecule has 1 heterocycles. The quantitative estimate of drug-likeness (QED) is 0.868. The topological polar surface area (TPSA) is 63.2 Å². The smallest absolute Gasteiger partial charge is 0.239 e. The van der Waals surface area contributed by atoms with Gasteiger partial charge in [-0.15, -0.1) is 0 Å². The van der Waals surface area contributed by atoms with Crippen LogP contribution in [0.15, 0.2) is 30.3 Å². The fourth-order valence-corrected chi connectivity index (χ4v) is 2.18. The van der Waals surface area contributed by atoms with Crippen LogP contribution in [-0.2, 0) is 10.0 Å². The highest BCUT2D eigenvalue weighted by molar-refractivity contribution is 7.92. The first-order valence-electron chi connectivity index (χ1n) is 6.77. The zero-order valence-electron chi connectivity index (χ0n) is 12.9. The van der Waals surface area contributed by atoms with E-state index < -0.39 is 10.0 Å². The van der Waals surface area contributed by atoms with Crippen LogP contribution >= 0.6 is 0 Å². The fourth-order valence-electron chi connectivity index (χ4n) is 1.81. The van der Waals surface area contributed by atoms with Crippen molar-refractivity contribution >= 4 is 16.0 Å². The Bertz CT molecular complexity index is 774. The first kappa shape index (κ1) is 16.4. The summed E-state index contributed by atoms with van der Waals surface area (Å²) in [5.74, 6) is -0.127. The second-order valence-corrected chi connectivity index (χ2v) is 7.38. The molecule has 0 bridgehead atoms. The van der Waals surface area contributed by atoms with Crippen molar-refractivity contribution in [3.05, 3.63) is 41.8 Å². The Morgan fingerprint density at radius 1 is 1.14 bits per heavy atom. The van der Waals surface area contributed by atoms with Crippen molar-refractivity contribution in [1.29, 1.82) is 0 Å². The molecule has 0 aliphatic heterocycles. The molecular formula is C15H18FN3O2S. The number of nitrogens with zero attached hydrogens (tertiary/aromatic N) is 3. The summed E-state index contributed by atoms with van der Waals surface area (Å²) in [5.41, 5.74) is 1.98. The molecule has 0 radical (unpaired) electrons. The van der Waals surface area contributed by atoms with Crippen LogP contribution in [0.1, 0.15) is 25.5 Å². The third kappa shape index (κ3) is 3.59. The Labute approximate surface area is 129 Å². The SMILES string of the molecule is CC(C)c1cc(-c2ccc(F)cc2)nc(N(C)S(C)(=O)=O)n1. The van der Waals surface area contributed by atoms with Gasteiger partial charge in [-0.2, -0.15) is 0 Å². The monoisotopic (exact) mass is 323 g/mol. The average molecular weight is 323 g/mol. The maximum absolute atomic E-state index is 13.1. The highest BCUT2D eigenvalue weighted by Crippen LogP contribution is 2.24. The van der Waals surface area contributed by atoms with E-state index in [1.54, 1.807) is 18.2 Å². The Balaban J connectivity index is 2.59. The van der Waals surface area contributed by atoms with Crippen molar-refractivity contribution in [3.63, 3.8) is 0 Å². The van der Waals surface area contributed by atoms with E-state index in [4.69, 9.17) is 0 Å². The van der Waals surface area contributed by atoms with Gasteiger partial charge in [0.25, 0.3) is 0 Å². The summed E-state index contributed by atoms with van der Waals surface area (Å²) >= 11 is 0. The largest absolute Gasteiger partial charge is 0.241 e. The van der Waals surface area contributed by atoms with Crippen LogP contribution in [0.3, 0.4) is 0 Å². The lowest BCUT2D eigenvalue weighted by atomic mass is 10.1. The minimum absolute atomic E-state index is 0.105. The first-order chi connectivity index (χ1) is 10.2. The van der Waals surface area contributed by atoms with Crippen LogP contribution in [0, 0.1) is 5.82 Å². The van der Waals surface area contributed by atoms with Crippen molar-refractivity contribution < 1.29 is 12.8 Å². The molecule has 2 rings (SSSR count). The van der Waals surface area contributed by atoms with Gasteiger partial charge in [0, 0.05) is 18.3 Å². The third-order valence-electron chi connectivity index (χ3n) is 3.24. The number of hydrogen-bond donors (Lipinski definition) is 0. The van der Waals surface area contributed by atoms with Crippen LogP contribution in [0.25, 0.3) is 11.3 Å². The average Bonchev–Trinajstić information content (AvgIpc) is 2.45. The molecule has 1 aromatic heterocycles. The van der Waals surface area contributed by atoms with E-state index in [1.807, 2.05) is 13.8 Å². The Morgan fingerprint density at radius 2 is 1.73 bits per heavy atom. The van der Waals surface area contributed by atoms with Crippen LogP contribution < -0.4 is 4.31 Å². The molecule has 0 saturated heterocycles. The zero-order valence-corrected chi connectivity index (χ0v) is 13.7. The van der Waals surface area contributed by atoms with Gasteiger partial charge in [-0.05, 0) is 36.2 Å². The van der Waals surface area contributed by atoms with E-state index in [0.717, 1.165) is 16.3 Å². The van der Waals surface area contributed by atoms with Gasteiger partial charge in [-0.3, -0.25) is 0 Å². The van der Waals surface area contributed by atoms with E-state index in [2.05, 4.69) is 9.97 Å². The van der Waals surface area contributed by atoms with Crippen LogP contribution in [-0.4, -0.2) is 31.7 Å². The number of aromatic nitrogens is 2. The number of sulfonamides is 1. The molecule has 118 valence electrons. The van der Waals surface area contributed by atoms with Crippen molar-refractivity contribution in [2.75, 3.05) is 17.6 Å². The maximum Gasteiger partial charge on any atom is 0.239 e. The molecule has 7 heteroatoms. The van der Waals surface area contributed by atoms with Gasteiger partial charge in [0.15, 0.2) is 0 Å². The predicted molar refractivity (Wildman–Crippen MR) is 84.8 cm³/mol. The van der Waals surface area contributed by atoms with Gasteiger partial charge < -0.3 is 0 Å². The number of benzene rings is 1. The molecule has 0 amide bonds. The first-order valence-corrected chi connectivity index (χ1v) is 8.62. The molecule has 0 atom stereocenters. The molecule has 0 spiro atoms. The predicted octanol–water partition coefficient (Wildman–Crippen LogP) is 2.80. The lowest BCUT2D eigenvalue weighted by molar-refractivity contribution is 0.599. The van der Waals surface area contributed by atoms with Crippen molar-refractivity contribution in [1.82, 2.24) is 9.97 Å². The van der Waals surface area contributed by atoms with Crippen LogP contribution in [0.4, 0.5) is 10.3 Å². The summed E-state index contributed by atoms with van der Waals surface area (Å²) in [4.78, 5) is 8.60. The Morgan fingerprint density at radius 3 is 2.23 bits per heavy atom. The maximum atomic E-state index is 13.1. The zero-order chi connectivity index (χ0) is 16.5. The van der Waals surface area contributed by atoms with Gasteiger partial charge in [-0.1, -0.05) is 13.8 Å². The molecule has 0 saturated carbocycles. The minimum atomic E-state index is -3.46. The third-order valence-corrected chi connectivity index (χ3v) is 4.40. The normalized spacial score (nSPS) is 11.7. The molecular weight excluding hydrogens is 305 g/mol. The summed E-state index contributed by atoms with van der Waals surface area (Å²) in [7, 11) is -2.05. The lowest BCUT2D eigenvalue weighted by Crippen LogP contribution is -2.27. The van der Waals surface area contributed by atoms with Crippen LogP contribution in [0.2, 0.25) is 0 Å². The highest BCUT2D eigenvalue weighted by Gasteiger charge is 2.18. The minimum Gasteiger partial charge on any atom is -0.241 e. The summed E-state index contributed by atoms with van der Waals surface area (Å²) in [6, 6.07) is 7.68. The van der Waals surface area contributed by atoms with E-state index in [9.17, 15) is 12.8 Å². The molecule has 0 aliphatic carbocycles. The van der Waals surface area contributed by atoms with Gasteiger partial charge in [0.1, 0.15) is 5.82 Å². The van der Waals surface area contributed by atoms with Crippen molar-refractivity contribution in [2.45, 2.75) is 19.8 Å². The second-order valence-electron chi connectivity index (χ2n) is 5.37. The standard InChI is InChI=1S/C15H18FN3O2S/c1-10(2)13-9-14(11-5-7-12(16)8-6-11)18-15(17-13)19(3)22(4,20)21/h5-10H,1-4H3. The highest BCUT2D eigenvalue weighted by atomic mass is 32.2. The lowest BCUT2D eigenvalue weighted by Gasteiger charge is -2.17. The molecule has 0 aliphatic rings. The Kier molecular flexibility index (Phi) is 4.46. The molecule has 1 aromatic carbocycles. The summed E-state index contributed by atoms with van der Waals surface area (Å²) in [6.07, 6.45) is 1.09. The molecule has 0 fully saturated rings. The summed E-state index contributed by atoms with van der Waals surface area (Å²) < 4.78 is 37.5. The molecule has 22 heavy (non-hydrogen) atoms. The van der Waals surface area contributed by atoms with Crippen molar-refractivity contribution in [2.24, 2.45) is 0 Å². The molecule has 0 N–H and O–H groups in total. The second kappa shape index (κ2) is 6.00.